The number of carboxylic acid groups (broad SMARTS) is 1. The van der Waals surface area contributed by atoms with Crippen molar-refractivity contribution in [3.05, 3.63) is 16.1 Å². The minimum atomic E-state index is -1.06. The average Bonchev–Trinajstić information content (AvgIpc) is 2.96. The fourth-order valence-electron chi connectivity index (χ4n) is 2.08. The number of ether oxygens (including phenoxy) is 1. The molecule has 2 rings (SSSR count). The number of amides is 2. The van der Waals surface area contributed by atoms with E-state index in [0.29, 0.717) is 17.5 Å². The van der Waals surface area contributed by atoms with Crippen LogP contribution in [0.3, 0.4) is 0 Å². The van der Waals surface area contributed by atoms with E-state index in [-0.39, 0.29) is 17.8 Å². The van der Waals surface area contributed by atoms with Crippen molar-refractivity contribution in [2.75, 3.05) is 19.8 Å². The van der Waals surface area contributed by atoms with Gasteiger partial charge in [-0.3, -0.25) is 0 Å². The summed E-state index contributed by atoms with van der Waals surface area (Å²) in [6, 6.07) is -0.584. The molecule has 1 aromatic heterocycles. The first kappa shape index (κ1) is 15.7. The van der Waals surface area contributed by atoms with E-state index in [9.17, 15) is 9.59 Å². The molecule has 0 radical (unpaired) electrons. The maximum absolute atomic E-state index is 11.8. The molecule has 0 bridgehead atoms. The van der Waals surface area contributed by atoms with Crippen molar-refractivity contribution in [3.63, 3.8) is 0 Å². The highest BCUT2D eigenvalue weighted by Crippen LogP contribution is 2.18. The van der Waals surface area contributed by atoms with E-state index < -0.39 is 5.97 Å². The Morgan fingerprint density at radius 1 is 1.52 bits per heavy atom. The van der Waals surface area contributed by atoms with Gasteiger partial charge in [0.1, 0.15) is 5.01 Å². The number of carboxylic acids is 1. The average molecular weight is 313 g/mol. The fourth-order valence-corrected chi connectivity index (χ4v) is 2.88. The number of urea groups is 1. The van der Waals surface area contributed by atoms with E-state index in [0.717, 1.165) is 26.1 Å². The van der Waals surface area contributed by atoms with E-state index in [1.165, 1.54) is 16.7 Å². The third kappa shape index (κ3) is 4.68. The summed E-state index contributed by atoms with van der Waals surface area (Å²) >= 11 is 1.22. The summed E-state index contributed by atoms with van der Waals surface area (Å²) in [5.74, 6) is -0.605. The zero-order chi connectivity index (χ0) is 15.2. The molecule has 2 amide bonds. The molecule has 0 aromatic carbocycles. The molecule has 2 heterocycles. The van der Waals surface area contributed by atoms with Gasteiger partial charge >= 0.3 is 12.0 Å². The lowest BCUT2D eigenvalue weighted by atomic mass is 10.0. The SMILES string of the molecule is CC(NC(=O)NCC1CCOCC1)c1nc(C(=O)O)cs1. The summed E-state index contributed by atoms with van der Waals surface area (Å²) in [6.07, 6.45) is 1.93. The molecular weight excluding hydrogens is 294 g/mol. The Labute approximate surface area is 126 Å². The first-order valence-corrected chi connectivity index (χ1v) is 7.75. The van der Waals surface area contributed by atoms with Crippen molar-refractivity contribution < 1.29 is 19.4 Å². The summed E-state index contributed by atoms with van der Waals surface area (Å²) < 4.78 is 5.27. The van der Waals surface area contributed by atoms with Crippen molar-refractivity contribution in [1.82, 2.24) is 15.6 Å². The molecule has 0 spiro atoms. The van der Waals surface area contributed by atoms with Crippen molar-refractivity contribution in [2.45, 2.75) is 25.8 Å². The number of aromatic carboxylic acids is 1. The maximum Gasteiger partial charge on any atom is 0.355 e. The standard InChI is InChI=1S/C13H19N3O4S/c1-8(11-16-10(7-21-11)12(17)18)15-13(19)14-6-9-2-4-20-5-3-9/h7-9H,2-6H2,1H3,(H,17,18)(H2,14,15,19). The smallest absolute Gasteiger partial charge is 0.355 e. The molecule has 8 heteroatoms. The molecular formula is C13H19N3O4S. The lowest BCUT2D eigenvalue weighted by Crippen LogP contribution is -2.40. The van der Waals surface area contributed by atoms with Crippen LogP contribution < -0.4 is 10.6 Å². The van der Waals surface area contributed by atoms with Crippen LogP contribution in [0.4, 0.5) is 4.79 Å². The highest BCUT2D eigenvalue weighted by Gasteiger charge is 2.18. The monoisotopic (exact) mass is 313 g/mol. The molecule has 0 aliphatic carbocycles. The zero-order valence-corrected chi connectivity index (χ0v) is 12.6. The van der Waals surface area contributed by atoms with Gasteiger partial charge in [0.05, 0.1) is 6.04 Å². The van der Waals surface area contributed by atoms with Gasteiger partial charge in [-0.15, -0.1) is 11.3 Å². The molecule has 1 unspecified atom stereocenters. The van der Waals surface area contributed by atoms with E-state index in [1.54, 1.807) is 6.92 Å². The quantitative estimate of drug-likeness (QED) is 0.767. The number of hydrogen-bond donors (Lipinski definition) is 3. The van der Waals surface area contributed by atoms with Crippen LogP contribution in [0.5, 0.6) is 0 Å². The Hall–Kier alpha value is -1.67. The van der Waals surface area contributed by atoms with Gasteiger partial charge in [-0.25, -0.2) is 14.6 Å². The van der Waals surface area contributed by atoms with Crippen LogP contribution in [0.25, 0.3) is 0 Å². The topological polar surface area (TPSA) is 101 Å². The van der Waals surface area contributed by atoms with Gasteiger partial charge in [0.15, 0.2) is 5.69 Å². The van der Waals surface area contributed by atoms with Crippen molar-refractivity contribution in [1.29, 1.82) is 0 Å². The lowest BCUT2D eigenvalue weighted by molar-refractivity contribution is 0.0668. The molecule has 1 atom stereocenters. The number of aromatic nitrogens is 1. The second-order valence-corrected chi connectivity index (χ2v) is 5.90. The Morgan fingerprint density at radius 3 is 2.86 bits per heavy atom. The number of nitrogens with one attached hydrogen (secondary N) is 2. The first-order valence-electron chi connectivity index (χ1n) is 6.87. The molecule has 1 aliphatic rings. The fraction of sp³-hybridized carbons (Fsp3) is 0.615. The van der Waals surface area contributed by atoms with E-state index in [1.807, 2.05) is 0 Å². The minimum Gasteiger partial charge on any atom is -0.476 e. The Balaban J connectivity index is 1.76. The van der Waals surface area contributed by atoms with Gasteiger partial charge in [-0.2, -0.15) is 0 Å². The second-order valence-electron chi connectivity index (χ2n) is 5.01. The normalized spacial score (nSPS) is 17.2. The van der Waals surface area contributed by atoms with Crippen molar-refractivity contribution in [2.24, 2.45) is 5.92 Å². The van der Waals surface area contributed by atoms with Crippen LogP contribution in [0.1, 0.15) is 41.3 Å². The molecule has 1 aromatic rings. The molecule has 21 heavy (non-hydrogen) atoms. The van der Waals surface area contributed by atoms with Gasteiger partial charge in [0.2, 0.25) is 0 Å². The van der Waals surface area contributed by atoms with Crippen molar-refractivity contribution in [3.8, 4) is 0 Å². The van der Waals surface area contributed by atoms with Crippen LogP contribution in [-0.4, -0.2) is 41.8 Å². The van der Waals surface area contributed by atoms with Crippen LogP contribution in [0.2, 0.25) is 0 Å². The first-order chi connectivity index (χ1) is 10.1. The van der Waals surface area contributed by atoms with Crippen LogP contribution in [-0.2, 0) is 4.74 Å². The highest BCUT2D eigenvalue weighted by atomic mass is 32.1. The summed E-state index contributed by atoms with van der Waals surface area (Å²) in [5.41, 5.74) is 0.00580. The van der Waals surface area contributed by atoms with Crippen molar-refractivity contribution >= 4 is 23.3 Å². The Kier molecular flexibility index (Phi) is 5.51. The predicted octanol–water partition coefficient (Wildman–Crippen LogP) is 1.63. The van der Waals surface area contributed by atoms with Gasteiger partial charge in [-0.05, 0) is 25.7 Å². The highest BCUT2D eigenvalue weighted by molar-refractivity contribution is 7.09. The van der Waals surface area contributed by atoms with Gasteiger partial charge in [0.25, 0.3) is 0 Å². The summed E-state index contributed by atoms with van der Waals surface area (Å²) in [6.45, 7) is 3.90. The number of carbonyl (C=O) groups excluding carboxylic acids is 1. The van der Waals surface area contributed by atoms with Gasteiger partial charge in [0, 0.05) is 25.1 Å². The maximum atomic E-state index is 11.8. The predicted molar refractivity (Wildman–Crippen MR) is 77.6 cm³/mol. The van der Waals surface area contributed by atoms with Gasteiger partial charge in [-0.1, -0.05) is 0 Å². The largest absolute Gasteiger partial charge is 0.476 e. The minimum absolute atomic E-state index is 0.00580. The van der Waals surface area contributed by atoms with E-state index in [2.05, 4.69) is 15.6 Å². The Morgan fingerprint density at radius 2 is 2.24 bits per heavy atom. The second kappa shape index (κ2) is 7.37. The number of carbonyl (C=O) groups is 2. The zero-order valence-electron chi connectivity index (χ0n) is 11.8. The number of rotatable bonds is 5. The summed E-state index contributed by atoms with van der Waals surface area (Å²) in [4.78, 5) is 26.6. The molecule has 1 saturated heterocycles. The third-order valence-corrected chi connectivity index (χ3v) is 4.38. The van der Waals surface area contributed by atoms with E-state index in [4.69, 9.17) is 9.84 Å². The number of hydrogen-bond acceptors (Lipinski definition) is 5. The molecule has 1 aliphatic heterocycles. The molecule has 3 N–H and O–H groups in total. The molecule has 0 saturated carbocycles. The van der Waals surface area contributed by atoms with Crippen LogP contribution in [0.15, 0.2) is 5.38 Å². The Bertz CT molecular complexity index is 499. The lowest BCUT2D eigenvalue weighted by Gasteiger charge is -2.22. The number of thiazole rings is 1. The summed E-state index contributed by atoms with van der Waals surface area (Å²) in [5, 5.41) is 16.5. The molecule has 7 nitrogen and oxygen atoms in total. The van der Waals surface area contributed by atoms with Crippen LogP contribution >= 0.6 is 11.3 Å². The number of nitrogens with zero attached hydrogens (tertiary/aromatic N) is 1. The summed E-state index contributed by atoms with van der Waals surface area (Å²) in [7, 11) is 0. The van der Waals surface area contributed by atoms with E-state index >= 15 is 0 Å². The molecule has 116 valence electrons. The van der Waals surface area contributed by atoms with Crippen LogP contribution in [0, 0.1) is 5.92 Å². The van der Waals surface area contributed by atoms with Gasteiger partial charge < -0.3 is 20.5 Å². The molecule has 1 fully saturated rings. The third-order valence-electron chi connectivity index (χ3n) is 3.35.